The van der Waals surface area contributed by atoms with Gasteiger partial charge in [0, 0.05) is 6.20 Å². The lowest BCUT2D eigenvalue weighted by Gasteiger charge is -2.00. The predicted octanol–water partition coefficient (Wildman–Crippen LogP) is 3.03. The zero-order valence-corrected chi connectivity index (χ0v) is 12.4. The van der Waals surface area contributed by atoms with Gasteiger partial charge in [0.05, 0.1) is 18.3 Å². The van der Waals surface area contributed by atoms with E-state index < -0.39 is 0 Å². The van der Waals surface area contributed by atoms with Gasteiger partial charge in [-0.05, 0) is 31.2 Å². The monoisotopic (exact) mass is 350 g/mol. The van der Waals surface area contributed by atoms with Gasteiger partial charge in [0.15, 0.2) is 11.0 Å². The summed E-state index contributed by atoms with van der Waals surface area (Å²) in [6.07, 6.45) is 1.83. The molecule has 0 radical (unpaired) electrons. The van der Waals surface area contributed by atoms with Crippen LogP contribution in [0.5, 0.6) is 0 Å². The minimum atomic E-state index is 1.05. The van der Waals surface area contributed by atoms with Gasteiger partial charge in [-0.2, -0.15) is 2.78 Å². The van der Waals surface area contributed by atoms with Crippen LogP contribution in [0.2, 0.25) is 0 Å². The van der Waals surface area contributed by atoms with E-state index in [2.05, 4.69) is 72.6 Å². The average Bonchev–Trinajstić information content (AvgIpc) is 2.64. The van der Waals surface area contributed by atoms with E-state index in [0.717, 1.165) is 5.69 Å². The van der Waals surface area contributed by atoms with Crippen molar-refractivity contribution < 1.29 is 4.57 Å². The molecule has 4 heteroatoms. The molecule has 3 aromatic rings. The van der Waals surface area contributed by atoms with E-state index in [0.29, 0.717) is 0 Å². The SMILES string of the molecule is Cc1ncccc1-c1n(I)c2ccccc2[n+]1C. The Labute approximate surface area is 120 Å². The highest BCUT2D eigenvalue weighted by molar-refractivity contribution is 14.1. The second-order valence-electron chi connectivity index (χ2n) is 4.29. The van der Waals surface area contributed by atoms with E-state index in [4.69, 9.17) is 0 Å². The van der Waals surface area contributed by atoms with Crippen molar-refractivity contribution in [3.63, 3.8) is 0 Å². The van der Waals surface area contributed by atoms with Crippen LogP contribution in [0.4, 0.5) is 0 Å². The molecular formula is C14H13IN3+. The number of halogens is 1. The molecule has 0 atom stereocenters. The molecule has 1 aromatic carbocycles. The molecule has 0 saturated heterocycles. The zero-order chi connectivity index (χ0) is 12.7. The second kappa shape index (κ2) is 4.35. The molecule has 0 saturated carbocycles. The van der Waals surface area contributed by atoms with E-state index in [1.807, 2.05) is 19.2 Å². The van der Waals surface area contributed by atoms with Crippen LogP contribution >= 0.6 is 22.9 Å². The molecule has 3 rings (SSSR count). The highest BCUT2D eigenvalue weighted by atomic mass is 127. The Bertz CT molecular complexity index is 692. The van der Waals surface area contributed by atoms with Gasteiger partial charge in [0.1, 0.15) is 0 Å². The summed E-state index contributed by atoms with van der Waals surface area (Å²) in [6, 6.07) is 12.5. The third-order valence-electron chi connectivity index (χ3n) is 3.21. The number of fused-ring (bicyclic) bond motifs is 1. The van der Waals surface area contributed by atoms with Gasteiger partial charge in [-0.25, -0.2) is 4.57 Å². The number of nitrogens with zero attached hydrogens (tertiary/aromatic N) is 3. The summed E-state index contributed by atoms with van der Waals surface area (Å²) in [4.78, 5) is 4.38. The molecule has 2 aromatic heterocycles. The zero-order valence-electron chi connectivity index (χ0n) is 10.3. The third-order valence-corrected chi connectivity index (χ3v) is 4.18. The first kappa shape index (κ1) is 11.6. The van der Waals surface area contributed by atoms with Gasteiger partial charge in [-0.3, -0.25) is 4.98 Å². The molecule has 0 aliphatic carbocycles. The predicted molar refractivity (Wildman–Crippen MR) is 80.5 cm³/mol. The fourth-order valence-corrected chi connectivity index (χ4v) is 3.27. The Balaban J connectivity index is 2.40. The Kier molecular flexibility index (Phi) is 2.81. The largest absolute Gasteiger partial charge is 0.300 e. The molecule has 2 heterocycles. The first-order chi connectivity index (χ1) is 8.70. The molecule has 0 amide bonds. The van der Waals surface area contributed by atoms with Gasteiger partial charge >= 0.3 is 0 Å². The van der Waals surface area contributed by atoms with Crippen LogP contribution in [-0.2, 0) is 7.05 Å². The Hall–Kier alpha value is -1.43. The number of hydrogen-bond donors (Lipinski definition) is 0. The highest BCUT2D eigenvalue weighted by Crippen LogP contribution is 2.26. The first-order valence-corrected chi connectivity index (χ1v) is 6.74. The standard InChI is InChI=1S/C14H13IN3/c1-10-11(6-5-9-16-10)14-17(2)12-7-3-4-8-13(12)18(14)15/h3-9H,1-2H3/q+1. The molecule has 90 valence electrons. The highest BCUT2D eigenvalue weighted by Gasteiger charge is 2.23. The van der Waals surface area contributed by atoms with Gasteiger partial charge < -0.3 is 0 Å². The first-order valence-electron chi connectivity index (χ1n) is 5.78. The molecule has 0 aliphatic rings. The maximum atomic E-state index is 4.38. The van der Waals surface area contributed by atoms with E-state index in [1.54, 1.807) is 0 Å². The van der Waals surface area contributed by atoms with Gasteiger partial charge in [0.25, 0.3) is 5.82 Å². The van der Waals surface area contributed by atoms with E-state index >= 15 is 0 Å². The number of aryl methyl sites for hydroxylation is 2. The Morgan fingerprint density at radius 2 is 1.94 bits per heavy atom. The lowest BCUT2D eigenvalue weighted by molar-refractivity contribution is -0.633. The van der Waals surface area contributed by atoms with Crippen molar-refractivity contribution in [1.29, 1.82) is 0 Å². The molecule has 18 heavy (non-hydrogen) atoms. The second-order valence-corrected chi connectivity index (χ2v) is 5.25. The topological polar surface area (TPSA) is 21.7 Å². The number of benzene rings is 1. The minimum absolute atomic E-state index is 1.05. The van der Waals surface area contributed by atoms with Crippen LogP contribution in [-0.4, -0.2) is 7.76 Å². The maximum Gasteiger partial charge on any atom is 0.300 e. The van der Waals surface area contributed by atoms with E-state index in [-0.39, 0.29) is 0 Å². The number of rotatable bonds is 1. The fraction of sp³-hybridized carbons (Fsp3) is 0.143. The van der Waals surface area contributed by atoms with Crippen molar-refractivity contribution in [3.8, 4) is 11.4 Å². The minimum Gasteiger partial charge on any atom is -0.261 e. The Morgan fingerprint density at radius 3 is 2.67 bits per heavy atom. The summed E-state index contributed by atoms with van der Waals surface area (Å²) in [7, 11) is 2.10. The summed E-state index contributed by atoms with van der Waals surface area (Å²) in [6.45, 7) is 2.05. The van der Waals surface area contributed by atoms with Crippen molar-refractivity contribution in [3.05, 3.63) is 48.3 Å². The molecule has 0 bridgehead atoms. The number of aromatic nitrogens is 3. The molecular weight excluding hydrogens is 337 g/mol. The third kappa shape index (κ3) is 1.63. The molecule has 0 unspecified atom stereocenters. The quantitative estimate of drug-likeness (QED) is 0.488. The van der Waals surface area contributed by atoms with Gasteiger partial charge in [0.2, 0.25) is 22.9 Å². The number of hydrogen-bond acceptors (Lipinski definition) is 1. The average molecular weight is 350 g/mol. The summed E-state index contributed by atoms with van der Waals surface area (Å²) >= 11 is 2.35. The van der Waals surface area contributed by atoms with Crippen molar-refractivity contribution in [2.75, 3.05) is 0 Å². The van der Waals surface area contributed by atoms with E-state index in [1.165, 1.54) is 22.4 Å². The molecule has 0 aliphatic heterocycles. The van der Waals surface area contributed by atoms with Crippen LogP contribution < -0.4 is 4.57 Å². The van der Waals surface area contributed by atoms with Crippen LogP contribution in [0, 0.1) is 6.92 Å². The summed E-state index contributed by atoms with van der Waals surface area (Å²) in [5.74, 6) is 1.17. The molecule has 3 nitrogen and oxygen atoms in total. The lowest BCUT2D eigenvalue weighted by Crippen LogP contribution is -2.29. The molecule has 0 N–H and O–H groups in total. The van der Waals surface area contributed by atoms with Crippen LogP contribution in [0.15, 0.2) is 42.6 Å². The van der Waals surface area contributed by atoms with Crippen LogP contribution in [0.25, 0.3) is 22.4 Å². The number of imidazole rings is 1. The fourth-order valence-electron chi connectivity index (χ4n) is 2.28. The van der Waals surface area contributed by atoms with Crippen LogP contribution in [0.3, 0.4) is 0 Å². The van der Waals surface area contributed by atoms with E-state index in [9.17, 15) is 0 Å². The van der Waals surface area contributed by atoms with Crippen molar-refractivity contribution in [2.45, 2.75) is 6.92 Å². The lowest BCUT2D eigenvalue weighted by atomic mass is 10.2. The van der Waals surface area contributed by atoms with Crippen LogP contribution in [0.1, 0.15) is 5.69 Å². The summed E-state index contributed by atoms with van der Waals surface area (Å²) < 4.78 is 4.41. The van der Waals surface area contributed by atoms with Crippen molar-refractivity contribution in [1.82, 2.24) is 7.76 Å². The summed E-state index contributed by atoms with van der Waals surface area (Å²) in [5, 5.41) is 0. The maximum absolute atomic E-state index is 4.38. The Morgan fingerprint density at radius 1 is 1.17 bits per heavy atom. The number of pyridine rings is 1. The van der Waals surface area contributed by atoms with Gasteiger partial charge in [-0.15, -0.1) is 0 Å². The van der Waals surface area contributed by atoms with Crippen molar-refractivity contribution in [2.24, 2.45) is 7.05 Å². The van der Waals surface area contributed by atoms with Crippen molar-refractivity contribution >= 4 is 33.9 Å². The molecule has 0 fully saturated rings. The smallest absolute Gasteiger partial charge is 0.261 e. The number of para-hydroxylation sites is 2. The van der Waals surface area contributed by atoms with Gasteiger partial charge in [-0.1, -0.05) is 12.1 Å². The normalized spacial score (nSPS) is 11.1. The summed E-state index contributed by atoms with van der Waals surface area (Å²) in [5.41, 5.74) is 4.67. The molecule has 0 spiro atoms.